The van der Waals surface area contributed by atoms with E-state index in [1.807, 2.05) is 30.3 Å². The Morgan fingerprint density at radius 2 is 1.85 bits per heavy atom. The van der Waals surface area contributed by atoms with E-state index in [9.17, 15) is 14.3 Å². The van der Waals surface area contributed by atoms with Crippen molar-refractivity contribution in [2.45, 2.75) is 44.2 Å². The van der Waals surface area contributed by atoms with E-state index in [1.54, 1.807) is 6.07 Å². The minimum absolute atomic E-state index is 0.191. The Morgan fingerprint density at radius 1 is 1.11 bits per heavy atom. The molecule has 2 aromatic carbocycles. The van der Waals surface area contributed by atoms with Gasteiger partial charge in [0.2, 0.25) is 5.60 Å². The molecule has 1 heterocycles. The van der Waals surface area contributed by atoms with Gasteiger partial charge in [-0.1, -0.05) is 61.4 Å². The van der Waals surface area contributed by atoms with E-state index in [-0.39, 0.29) is 11.5 Å². The molecule has 1 fully saturated rings. The average molecular weight is 363 g/mol. The molecule has 138 valence electrons. The van der Waals surface area contributed by atoms with E-state index in [0.717, 1.165) is 31.2 Å². The number of aliphatic hydroxyl groups is 1. The average Bonchev–Trinajstić information content (AvgIpc) is 2.90. The Bertz CT molecular complexity index is 909. The van der Waals surface area contributed by atoms with Crippen molar-refractivity contribution < 1.29 is 14.3 Å². The van der Waals surface area contributed by atoms with Crippen LogP contribution >= 0.6 is 0 Å². The van der Waals surface area contributed by atoms with Gasteiger partial charge in [-0.3, -0.25) is 4.79 Å². The number of hydrogen-bond acceptors (Lipinski definition) is 2. The van der Waals surface area contributed by atoms with Gasteiger partial charge < -0.3 is 10.0 Å². The fraction of sp³-hybridized carbons (Fsp3) is 0.348. The Morgan fingerprint density at radius 3 is 2.59 bits per heavy atom. The van der Waals surface area contributed by atoms with Crippen LogP contribution in [0.5, 0.6) is 0 Å². The largest absolute Gasteiger partial charge is 0.366 e. The molecule has 1 aliphatic heterocycles. The van der Waals surface area contributed by atoms with Crippen molar-refractivity contribution >= 4 is 11.6 Å². The Kier molecular flexibility index (Phi) is 4.72. The van der Waals surface area contributed by atoms with Crippen LogP contribution in [0.1, 0.15) is 43.2 Å². The summed E-state index contributed by atoms with van der Waals surface area (Å²) in [5.41, 5.74) is -0.285. The van der Waals surface area contributed by atoms with Gasteiger partial charge in [-0.2, -0.15) is 0 Å². The lowest BCUT2D eigenvalue weighted by atomic mass is 9.88. The first-order chi connectivity index (χ1) is 13.1. The molecule has 2 aliphatic rings. The maximum absolute atomic E-state index is 13.9. The van der Waals surface area contributed by atoms with Gasteiger partial charge in [-0.15, -0.1) is 0 Å². The van der Waals surface area contributed by atoms with Crippen molar-refractivity contribution in [1.82, 2.24) is 0 Å². The summed E-state index contributed by atoms with van der Waals surface area (Å²) in [6, 6.07) is 13.6. The van der Waals surface area contributed by atoms with Crippen LogP contribution in [0.25, 0.3) is 0 Å². The molecule has 0 saturated heterocycles. The van der Waals surface area contributed by atoms with E-state index in [4.69, 9.17) is 0 Å². The maximum Gasteiger partial charge on any atom is 0.276 e. The molecular weight excluding hydrogens is 341 g/mol. The molecule has 3 nitrogen and oxygen atoms in total. The Balaban J connectivity index is 1.71. The third-order valence-electron chi connectivity index (χ3n) is 5.44. The van der Waals surface area contributed by atoms with Crippen LogP contribution in [0.15, 0.2) is 48.5 Å². The first-order valence-corrected chi connectivity index (χ1v) is 9.49. The summed E-state index contributed by atoms with van der Waals surface area (Å²) in [6.45, 7) is 0.311. The van der Waals surface area contributed by atoms with Gasteiger partial charge in [0.15, 0.2) is 0 Å². The van der Waals surface area contributed by atoms with E-state index in [1.165, 1.54) is 23.5 Å². The van der Waals surface area contributed by atoms with Gasteiger partial charge in [-0.25, -0.2) is 4.39 Å². The third-order valence-corrected chi connectivity index (χ3v) is 5.44. The van der Waals surface area contributed by atoms with Crippen LogP contribution in [0.2, 0.25) is 0 Å². The quantitative estimate of drug-likeness (QED) is 0.815. The first kappa shape index (κ1) is 17.8. The molecule has 2 aromatic rings. The number of carbonyl (C=O) groups excluding carboxylic acids is 1. The summed E-state index contributed by atoms with van der Waals surface area (Å²) in [6.07, 6.45) is 5.43. The fourth-order valence-electron chi connectivity index (χ4n) is 3.95. The van der Waals surface area contributed by atoms with Crippen molar-refractivity contribution in [3.63, 3.8) is 0 Å². The van der Waals surface area contributed by atoms with Crippen LogP contribution in [-0.4, -0.2) is 11.0 Å². The van der Waals surface area contributed by atoms with Gasteiger partial charge in [0.05, 0.1) is 12.2 Å². The molecule has 1 atom stereocenters. The number of amides is 1. The predicted octanol–water partition coefficient (Wildman–Crippen LogP) is 4.14. The molecule has 0 bridgehead atoms. The first-order valence-electron chi connectivity index (χ1n) is 9.49. The number of anilines is 1. The van der Waals surface area contributed by atoms with Gasteiger partial charge in [0.1, 0.15) is 5.82 Å². The smallest absolute Gasteiger partial charge is 0.276 e. The van der Waals surface area contributed by atoms with Crippen molar-refractivity contribution in [3.05, 3.63) is 65.5 Å². The minimum Gasteiger partial charge on any atom is -0.366 e. The summed E-state index contributed by atoms with van der Waals surface area (Å²) in [7, 11) is 0. The van der Waals surface area contributed by atoms with Gasteiger partial charge >= 0.3 is 0 Å². The second kappa shape index (κ2) is 7.17. The van der Waals surface area contributed by atoms with Crippen LogP contribution in [-0.2, 0) is 16.9 Å². The number of benzene rings is 2. The summed E-state index contributed by atoms with van der Waals surface area (Å²) in [5, 5.41) is 11.2. The van der Waals surface area contributed by atoms with Crippen molar-refractivity contribution in [2.24, 2.45) is 5.92 Å². The number of halogens is 1. The highest BCUT2D eigenvalue weighted by molar-refractivity contribution is 6.09. The van der Waals surface area contributed by atoms with Crippen LogP contribution in [0.4, 0.5) is 10.1 Å². The zero-order chi connectivity index (χ0) is 18.9. The molecule has 1 N–H and O–H groups in total. The highest BCUT2D eigenvalue weighted by Gasteiger charge is 2.49. The summed E-state index contributed by atoms with van der Waals surface area (Å²) < 4.78 is 13.9. The normalized spacial score (nSPS) is 22.3. The van der Waals surface area contributed by atoms with E-state index in [0.29, 0.717) is 12.2 Å². The number of nitrogens with zero attached hydrogens (tertiary/aromatic N) is 1. The van der Waals surface area contributed by atoms with Gasteiger partial charge in [0.25, 0.3) is 5.91 Å². The molecule has 27 heavy (non-hydrogen) atoms. The molecule has 0 radical (unpaired) electrons. The zero-order valence-corrected chi connectivity index (χ0v) is 15.1. The van der Waals surface area contributed by atoms with Crippen LogP contribution < -0.4 is 4.90 Å². The lowest BCUT2D eigenvalue weighted by molar-refractivity contribution is -0.130. The second-order valence-corrected chi connectivity index (χ2v) is 7.35. The molecule has 0 unspecified atom stereocenters. The summed E-state index contributed by atoms with van der Waals surface area (Å²) in [4.78, 5) is 14.6. The van der Waals surface area contributed by atoms with Gasteiger partial charge in [-0.05, 0) is 36.6 Å². The lowest BCUT2D eigenvalue weighted by Gasteiger charge is -2.20. The SMILES string of the molecule is O=C1N(Cc2ccccc2)c2ccc(F)cc2[C@@]1(O)C#CC1CCCCC1. The highest BCUT2D eigenvalue weighted by atomic mass is 19.1. The van der Waals surface area contributed by atoms with E-state index < -0.39 is 17.3 Å². The molecule has 0 spiro atoms. The van der Waals surface area contributed by atoms with Crippen molar-refractivity contribution in [1.29, 1.82) is 0 Å². The van der Waals surface area contributed by atoms with E-state index >= 15 is 0 Å². The topological polar surface area (TPSA) is 40.5 Å². The number of rotatable bonds is 2. The summed E-state index contributed by atoms with van der Waals surface area (Å²) in [5.74, 6) is 5.13. The molecule has 0 aromatic heterocycles. The fourth-order valence-corrected chi connectivity index (χ4v) is 3.95. The van der Waals surface area contributed by atoms with Crippen molar-refractivity contribution in [3.8, 4) is 11.8 Å². The van der Waals surface area contributed by atoms with Gasteiger partial charge in [0, 0.05) is 11.5 Å². The molecular formula is C23H22FNO2. The van der Waals surface area contributed by atoms with E-state index in [2.05, 4.69) is 11.8 Å². The highest BCUT2D eigenvalue weighted by Crippen LogP contribution is 2.41. The Labute approximate surface area is 158 Å². The standard InChI is InChI=1S/C23H22FNO2/c24-19-11-12-21-20(15-19)23(27,14-13-17-7-3-1-4-8-17)22(26)25(21)16-18-9-5-2-6-10-18/h2,5-6,9-12,15,17,27H,1,3-4,7-8,16H2/t23-/m0/s1. The minimum atomic E-state index is -1.98. The molecule has 4 rings (SSSR count). The molecule has 1 aliphatic carbocycles. The predicted molar refractivity (Wildman–Crippen MR) is 102 cm³/mol. The van der Waals surface area contributed by atoms with Crippen molar-refractivity contribution in [2.75, 3.05) is 4.90 Å². The van der Waals surface area contributed by atoms with Crippen LogP contribution in [0, 0.1) is 23.6 Å². The molecule has 1 saturated carbocycles. The maximum atomic E-state index is 13.9. The molecule has 1 amide bonds. The van der Waals surface area contributed by atoms with Crippen LogP contribution in [0.3, 0.4) is 0 Å². The second-order valence-electron chi connectivity index (χ2n) is 7.35. The number of fused-ring (bicyclic) bond motifs is 1. The third kappa shape index (κ3) is 3.36. The number of carbonyl (C=O) groups is 1. The molecule has 4 heteroatoms. The monoisotopic (exact) mass is 363 g/mol. The number of hydrogen-bond donors (Lipinski definition) is 1. The summed E-state index contributed by atoms with van der Waals surface area (Å²) >= 11 is 0. The zero-order valence-electron chi connectivity index (χ0n) is 15.1. The lowest BCUT2D eigenvalue weighted by Crippen LogP contribution is -2.39. The Hall–Kier alpha value is -2.64.